The first-order chi connectivity index (χ1) is 7.11. The number of fused-ring (bicyclic) bond motifs is 1. The predicted octanol–water partition coefficient (Wildman–Crippen LogP) is 2.76. The van der Waals surface area contributed by atoms with E-state index in [1.54, 1.807) is 12.1 Å². The van der Waals surface area contributed by atoms with Gasteiger partial charge in [0.15, 0.2) is 17.8 Å². The van der Waals surface area contributed by atoms with Gasteiger partial charge >= 0.3 is 0 Å². The van der Waals surface area contributed by atoms with Gasteiger partial charge in [0.2, 0.25) is 0 Å². The highest BCUT2D eigenvalue weighted by Crippen LogP contribution is 2.24. The molecule has 0 aliphatic carbocycles. The smallest absolute Gasteiger partial charge is 0.194 e. The molecule has 15 heavy (non-hydrogen) atoms. The van der Waals surface area contributed by atoms with Crippen molar-refractivity contribution in [1.29, 1.82) is 0 Å². The van der Waals surface area contributed by atoms with Gasteiger partial charge in [-0.1, -0.05) is 0 Å². The molecular weight excluding hydrogens is 192 g/mol. The van der Waals surface area contributed by atoms with Crippen molar-refractivity contribution in [3.8, 4) is 0 Å². The molecule has 0 aliphatic rings. The van der Waals surface area contributed by atoms with Crippen LogP contribution in [0.4, 0.5) is 0 Å². The number of hydrogen-bond acceptors (Lipinski definition) is 3. The van der Waals surface area contributed by atoms with Crippen LogP contribution in [0.5, 0.6) is 0 Å². The van der Waals surface area contributed by atoms with Crippen molar-refractivity contribution in [2.45, 2.75) is 13.8 Å². The molecule has 0 spiro atoms. The molecule has 1 aromatic heterocycles. The first-order valence-corrected chi connectivity index (χ1v) is 4.62. The van der Waals surface area contributed by atoms with Crippen molar-refractivity contribution in [2.75, 3.05) is 0 Å². The van der Waals surface area contributed by atoms with Gasteiger partial charge in [-0.3, -0.25) is 9.59 Å². The van der Waals surface area contributed by atoms with Crippen LogP contribution in [0.15, 0.2) is 22.6 Å². The predicted molar refractivity (Wildman–Crippen MR) is 56.3 cm³/mol. The third-order valence-corrected chi connectivity index (χ3v) is 2.26. The van der Waals surface area contributed by atoms with E-state index in [0.717, 1.165) is 17.2 Å². The fourth-order valence-electron chi connectivity index (χ4n) is 1.60. The lowest BCUT2D eigenvalue weighted by Crippen LogP contribution is -1.85. The number of ketones is 1. The van der Waals surface area contributed by atoms with E-state index in [2.05, 4.69) is 0 Å². The van der Waals surface area contributed by atoms with Gasteiger partial charge in [0.25, 0.3) is 0 Å². The van der Waals surface area contributed by atoms with E-state index in [1.807, 2.05) is 13.0 Å². The second-order valence-electron chi connectivity index (χ2n) is 3.56. The fourth-order valence-corrected chi connectivity index (χ4v) is 1.60. The zero-order valence-electron chi connectivity index (χ0n) is 8.53. The van der Waals surface area contributed by atoms with E-state index in [4.69, 9.17) is 4.42 Å². The van der Waals surface area contributed by atoms with Crippen molar-refractivity contribution >= 4 is 23.0 Å². The summed E-state index contributed by atoms with van der Waals surface area (Å²) in [5.74, 6) is 0.152. The number of aldehydes is 1. The number of carbonyl (C=O) groups excluding carboxylic acids is 2. The number of aryl methyl sites for hydroxylation is 1. The second kappa shape index (κ2) is 3.35. The zero-order chi connectivity index (χ0) is 11.0. The summed E-state index contributed by atoms with van der Waals surface area (Å²) in [6.45, 7) is 3.33. The highest BCUT2D eigenvalue weighted by Gasteiger charge is 2.11. The largest absolute Gasteiger partial charge is 0.452 e. The maximum Gasteiger partial charge on any atom is 0.194 e. The number of carbonyl (C=O) groups is 2. The molecule has 0 aliphatic heterocycles. The Hall–Kier alpha value is -1.90. The lowest BCUT2D eigenvalue weighted by atomic mass is 10.1. The van der Waals surface area contributed by atoms with E-state index >= 15 is 0 Å². The Labute approximate surface area is 86.7 Å². The highest BCUT2D eigenvalue weighted by molar-refractivity contribution is 6.00. The molecule has 0 amide bonds. The molecule has 3 nitrogen and oxygen atoms in total. The first kappa shape index (κ1) is 9.65. The van der Waals surface area contributed by atoms with Crippen LogP contribution in [-0.2, 0) is 0 Å². The molecule has 3 heteroatoms. The molecule has 2 rings (SSSR count). The van der Waals surface area contributed by atoms with Gasteiger partial charge in [0.05, 0.1) is 5.56 Å². The SMILES string of the molecule is CC(=O)c1cc2cc(C)cc(C=O)c2o1. The van der Waals surface area contributed by atoms with E-state index < -0.39 is 0 Å². The molecule has 1 heterocycles. The van der Waals surface area contributed by atoms with Gasteiger partial charge in [0.1, 0.15) is 5.58 Å². The third kappa shape index (κ3) is 1.56. The van der Waals surface area contributed by atoms with Crippen LogP contribution in [0.1, 0.15) is 33.4 Å². The molecule has 0 unspecified atom stereocenters. The molecule has 0 atom stereocenters. The molecule has 0 saturated carbocycles. The monoisotopic (exact) mass is 202 g/mol. The van der Waals surface area contributed by atoms with E-state index in [-0.39, 0.29) is 5.78 Å². The van der Waals surface area contributed by atoms with E-state index in [0.29, 0.717) is 16.9 Å². The standard InChI is InChI=1S/C12H10O3/c1-7-3-9-5-11(8(2)14)15-12(9)10(4-7)6-13/h3-6H,1-2H3. The maximum absolute atomic E-state index is 11.1. The number of hydrogen-bond donors (Lipinski definition) is 0. The summed E-state index contributed by atoms with van der Waals surface area (Å²) < 4.78 is 5.33. The average Bonchev–Trinajstić information content (AvgIpc) is 2.59. The minimum Gasteiger partial charge on any atom is -0.452 e. The topological polar surface area (TPSA) is 47.3 Å². The van der Waals surface area contributed by atoms with Crippen molar-refractivity contribution < 1.29 is 14.0 Å². The highest BCUT2D eigenvalue weighted by atomic mass is 16.3. The Balaban J connectivity index is 2.79. The van der Waals surface area contributed by atoms with Gasteiger partial charge in [0, 0.05) is 12.3 Å². The Morgan fingerprint density at radius 2 is 2.07 bits per heavy atom. The molecule has 76 valence electrons. The summed E-state index contributed by atoms with van der Waals surface area (Å²) in [6, 6.07) is 5.29. The Bertz CT molecular complexity index is 549. The molecule has 1 aromatic carbocycles. The van der Waals surface area contributed by atoms with Crippen LogP contribution in [0.3, 0.4) is 0 Å². The average molecular weight is 202 g/mol. The minimum absolute atomic E-state index is 0.138. The Morgan fingerprint density at radius 1 is 1.33 bits per heavy atom. The van der Waals surface area contributed by atoms with Gasteiger partial charge in [-0.2, -0.15) is 0 Å². The number of Topliss-reactive ketones (excluding diaryl/α,β-unsaturated/α-hetero) is 1. The molecule has 0 saturated heterocycles. The van der Waals surface area contributed by atoms with E-state index in [1.165, 1.54) is 6.92 Å². The van der Waals surface area contributed by atoms with Crippen LogP contribution in [0, 0.1) is 6.92 Å². The Kier molecular flexibility index (Phi) is 2.15. The molecule has 0 radical (unpaired) electrons. The van der Waals surface area contributed by atoms with Crippen molar-refractivity contribution in [1.82, 2.24) is 0 Å². The van der Waals surface area contributed by atoms with Gasteiger partial charge < -0.3 is 4.42 Å². The molecule has 0 N–H and O–H groups in total. The van der Waals surface area contributed by atoms with Crippen LogP contribution in [0.2, 0.25) is 0 Å². The fraction of sp³-hybridized carbons (Fsp3) is 0.167. The summed E-state index contributed by atoms with van der Waals surface area (Å²) in [5.41, 5.74) is 1.94. The minimum atomic E-state index is -0.138. The normalized spacial score (nSPS) is 10.5. The van der Waals surface area contributed by atoms with Crippen LogP contribution < -0.4 is 0 Å². The van der Waals surface area contributed by atoms with Crippen molar-refractivity contribution in [2.24, 2.45) is 0 Å². The Morgan fingerprint density at radius 3 is 2.67 bits per heavy atom. The van der Waals surface area contributed by atoms with E-state index in [9.17, 15) is 9.59 Å². The number of rotatable bonds is 2. The lowest BCUT2D eigenvalue weighted by Gasteiger charge is -1.95. The molecular formula is C12H10O3. The zero-order valence-corrected chi connectivity index (χ0v) is 8.53. The van der Waals surface area contributed by atoms with Gasteiger partial charge in [-0.25, -0.2) is 0 Å². The molecule has 0 bridgehead atoms. The summed E-state index contributed by atoms with van der Waals surface area (Å²) in [5, 5.41) is 0.794. The summed E-state index contributed by atoms with van der Waals surface area (Å²) in [4.78, 5) is 21.9. The maximum atomic E-state index is 11.1. The van der Waals surface area contributed by atoms with Crippen LogP contribution in [-0.4, -0.2) is 12.1 Å². The van der Waals surface area contributed by atoms with Gasteiger partial charge in [-0.05, 0) is 30.7 Å². The second-order valence-corrected chi connectivity index (χ2v) is 3.56. The molecule has 0 fully saturated rings. The number of benzene rings is 1. The van der Waals surface area contributed by atoms with Gasteiger partial charge in [-0.15, -0.1) is 0 Å². The van der Waals surface area contributed by atoms with Crippen LogP contribution in [0.25, 0.3) is 11.0 Å². The molecule has 2 aromatic rings. The summed E-state index contributed by atoms with van der Waals surface area (Å²) >= 11 is 0. The quantitative estimate of drug-likeness (QED) is 0.555. The van der Waals surface area contributed by atoms with Crippen molar-refractivity contribution in [3.05, 3.63) is 35.1 Å². The summed E-state index contributed by atoms with van der Waals surface area (Å²) in [7, 11) is 0. The van der Waals surface area contributed by atoms with Crippen LogP contribution >= 0.6 is 0 Å². The summed E-state index contributed by atoms with van der Waals surface area (Å²) in [6.07, 6.45) is 0.739. The third-order valence-electron chi connectivity index (χ3n) is 2.26. The number of furan rings is 1. The first-order valence-electron chi connectivity index (χ1n) is 4.62. The lowest BCUT2D eigenvalue weighted by molar-refractivity contribution is 0.0988. The van der Waals surface area contributed by atoms with Crippen molar-refractivity contribution in [3.63, 3.8) is 0 Å².